The molecule has 0 bridgehead atoms. The summed E-state index contributed by atoms with van der Waals surface area (Å²) >= 11 is 0. The Morgan fingerprint density at radius 1 is 1.12 bits per heavy atom. The first-order valence-corrected chi connectivity index (χ1v) is 8.30. The molecule has 3 N–H and O–H groups in total. The average molecular weight is 337 g/mol. The zero-order chi connectivity index (χ0) is 17.8. The van der Waals surface area contributed by atoms with Crippen molar-refractivity contribution in [3.05, 3.63) is 71.5 Å². The Balaban J connectivity index is 1.79. The summed E-state index contributed by atoms with van der Waals surface area (Å²) in [6, 6.07) is 17.2. The first-order chi connectivity index (χ1) is 12.1. The summed E-state index contributed by atoms with van der Waals surface area (Å²) in [5.41, 5.74) is 8.76. The molecule has 0 aliphatic carbocycles. The lowest BCUT2D eigenvalue weighted by Crippen LogP contribution is -2.32. The van der Waals surface area contributed by atoms with E-state index in [1.807, 2.05) is 73.6 Å². The summed E-state index contributed by atoms with van der Waals surface area (Å²) < 4.78 is 5.82. The van der Waals surface area contributed by atoms with E-state index >= 15 is 0 Å². The minimum atomic E-state index is -0.258. The van der Waals surface area contributed by atoms with Crippen LogP contribution in [0.1, 0.15) is 27.7 Å². The van der Waals surface area contributed by atoms with Gasteiger partial charge < -0.3 is 20.4 Å². The van der Waals surface area contributed by atoms with Crippen LogP contribution in [-0.4, -0.2) is 31.4 Å². The van der Waals surface area contributed by atoms with E-state index in [0.29, 0.717) is 18.8 Å². The van der Waals surface area contributed by atoms with Gasteiger partial charge in [-0.25, -0.2) is 0 Å². The third-order valence-electron chi connectivity index (χ3n) is 4.09. The van der Waals surface area contributed by atoms with Gasteiger partial charge in [-0.3, -0.25) is 4.79 Å². The van der Waals surface area contributed by atoms with Gasteiger partial charge in [-0.15, -0.1) is 0 Å². The van der Waals surface area contributed by atoms with Crippen molar-refractivity contribution in [2.45, 2.75) is 12.6 Å². The molecule has 1 atom stereocenters. The number of hydrogen-bond acceptors (Lipinski definition) is 4. The van der Waals surface area contributed by atoms with Gasteiger partial charge in [-0.1, -0.05) is 48.5 Å². The second-order valence-corrected chi connectivity index (χ2v) is 6.37. The predicted molar refractivity (Wildman–Crippen MR) is 99.3 cm³/mol. The van der Waals surface area contributed by atoms with E-state index in [9.17, 15) is 4.79 Å². The summed E-state index contributed by atoms with van der Waals surface area (Å²) in [7, 11) is 3.93. The van der Waals surface area contributed by atoms with Crippen molar-refractivity contribution in [3.63, 3.8) is 0 Å². The molecule has 1 unspecified atom stereocenters. The molecule has 0 aliphatic heterocycles. The van der Waals surface area contributed by atoms with Gasteiger partial charge in [0.2, 0.25) is 0 Å². The maximum Gasteiger partial charge on any atom is 0.287 e. The van der Waals surface area contributed by atoms with Crippen LogP contribution < -0.4 is 11.1 Å². The number of nitrogens with zero attached hydrogens (tertiary/aromatic N) is 1. The number of benzene rings is 2. The number of amides is 1. The van der Waals surface area contributed by atoms with E-state index in [-0.39, 0.29) is 11.9 Å². The van der Waals surface area contributed by atoms with Crippen molar-refractivity contribution in [2.75, 3.05) is 20.6 Å². The number of nitrogens with one attached hydrogen (secondary N) is 1. The third kappa shape index (κ3) is 3.90. The Kier molecular flexibility index (Phi) is 5.16. The van der Waals surface area contributed by atoms with Crippen molar-refractivity contribution in [1.29, 1.82) is 0 Å². The van der Waals surface area contributed by atoms with Crippen molar-refractivity contribution in [2.24, 2.45) is 5.73 Å². The number of furan rings is 1. The largest absolute Gasteiger partial charge is 0.451 e. The number of rotatable bonds is 6. The zero-order valence-electron chi connectivity index (χ0n) is 14.5. The Bertz CT molecular complexity index is 856. The Morgan fingerprint density at radius 2 is 1.80 bits per heavy atom. The highest BCUT2D eigenvalue weighted by molar-refractivity contribution is 5.99. The third-order valence-corrected chi connectivity index (χ3v) is 4.09. The Labute approximate surface area is 147 Å². The lowest BCUT2D eigenvalue weighted by Gasteiger charge is -2.14. The summed E-state index contributed by atoms with van der Waals surface area (Å²) in [6.07, 6.45) is 0. The summed E-state index contributed by atoms with van der Waals surface area (Å²) in [5.74, 6) is 0.120. The number of nitrogens with two attached hydrogens (primary N) is 1. The Hall–Kier alpha value is -2.63. The van der Waals surface area contributed by atoms with Crippen LogP contribution in [0.5, 0.6) is 0 Å². The predicted octanol–water partition coefficient (Wildman–Crippen LogP) is 2.92. The van der Waals surface area contributed by atoms with E-state index in [1.54, 1.807) is 0 Å². The fraction of sp³-hybridized carbons (Fsp3) is 0.250. The van der Waals surface area contributed by atoms with Gasteiger partial charge in [0.1, 0.15) is 5.58 Å². The molecule has 0 spiro atoms. The highest BCUT2D eigenvalue weighted by Crippen LogP contribution is 2.26. The molecule has 2 aromatic carbocycles. The number of fused-ring (bicyclic) bond motifs is 1. The monoisotopic (exact) mass is 337 g/mol. The van der Waals surface area contributed by atoms with E-state index < -0.39 is 0 Å². The maximum atomic E-state index is 12.7. The van der Waals surface area contributed by atoms with Crippen LogP contribution in [0.4, 0.5) is 0 Å². The highest BCUT2D eigenvalue weighted by Gasteiger charge is 2.21. The fourth-order valence-electron chi connectivity index (χ4n) is 2.86. The van der Waals surface area contributed by atoms with Gasteiger partial charge in [-0.05, 0) is 25.7 Å². The number of carbonyl (C=O) groups is 1. The van der Waals surface area contributed by atoms with E-state index in [0.717, 1.165) is 22.1 Å². The highest BCUT2D eigenvalue weighted by atomic mass is 16.3. The first kappa shape index (κ1) is 17.2. The second kappa shape index (κ2) is 7.51. The molecule has 5 nitrogen and oxygen atoms in total. The molecule has 25 heavy (non-hydrogen) atoms. The maximum absolute atomic E-state index is 12.7. The van der Waals surface area contributed by atoms with Crippen molar-refractivity contribution in [1.82, 2.24) is 10.2 Å². The SMILES string of the molecule is CN(C)Cc1c(C(=O)NCC(N)c2ccccc2)oc2ccccc12. The molecule has 0 saturated heterocycles. The molecule has 1 aromatic heterocycles. The normalized spacial score (nSPS) is 12.5. The van der Waals surface area contributed by atoms with Gasteiger partial charge in [0.15, 0.2) is 5.76 Å². The quantitative estimate of drug-likeness (QED) is 0.725. The summed E-state index contributed by atoms with van der Waals surface area (Å²) in [6.45, 7) is 0.978. The molecule has 1 heterocycles. The zero-order valence-corrected chi connectivity index (χ0v) is 14.5. The van der Waals surface area contributed by atoms with E-state index in [1.165, 1.54) is 0 Å². The van der Waals surface area contributed by atoms with Gasteiger partial charge in [0.05, 0.1) is 0 Å². The molecular weight excluding hydrogens is 314 g/mol. The summed E-state index contributed by atoms with van der Waals surface area (Å²) in [4.78, 5) is 14.7. The molecule has 0 saturated carbocycles. The molecule has 3 rings (SSSR count). The minimum absolute atomic E-state index is 0.237. The van der Waals surface area contributed by atoms with Crippen LogP contribution in [0.25, 0.3) is 11.0 Å². The number of hydrogen-bond donors (Lipinski definition) is 2. The van der Waals surface area contributed by atoms with Crippen molar-refractivity contribution >= 4 is 16.9 Å². The van der Waals surface area contributed by atoms with Gasteiger partial charge in [-0.2, -0.15) is 0 Å². The van der Waals surface area contributed by atoms with Crippen LogP contribution in [-0.2, 0) is 6.54 Å². The van der Waals surface area contributed by atoms with Crippen LogP contribution in [0, 0.1) is 0 Å². The number of para-hydroxylation sites is 1. The first-order valence-electron chi connectivity index (χ1n) is 8.30. The fourth-order valence-corrected chi connectivity index (χ4v) is 2.86. The lowest BCUT2D eigenvalue weighted by atomic mass is 10.1. The molecule has 1 amide bonds. The number of carbonyl (C=O) groups excluding carboxylic acids is 1. The Morgan fingerprint density at radius 3 is 2.52 bits per heavy atom. The second-order valence-electron chi connectivity index (χ2n) is 6.37. The molecule has 5 heteroatoms. The topological polar surface area (TPSA) is 71.5 Å². The van der Waals surface area contributed by atoms with Gasteiger partial charge >= 0.3 is 0 Å². The summed E-state index contributed by atoms with van der Waals surface area (Å²) in [5, 5.41) is 3.86. The minimum Gasteiger partial charge on any atom is -0.451 e. The molecule has 130 valence electrons. The molecule has 0 aliphatic rings. The molecular formula is C20H23N3O2. The van der Waals surface area contributed by atoms with Gasteiger partial charge in [0.25, 0.3) is 5.91 Å². The molecule has 0 radical (unpaired) electrons. The standard InChI is InChI=1S/C20H23N3O2/c1-23(2)13-16-15-10-6-7-11-18(15)25-19(16)20(24)22-12-17(21)14-8-4-3-5-9-14/h3-11,17H,12-13,21H2,1-2H3,(H,22,24). The van der Waals surface area contributed by atoms with Crippen LogP contribution in [0.3, 0.4) is 0 Å². The smallest absolute Gasteiger partial charge is 0.287 e. The van der Waals surface area contributed by atoms with Gasteiger partial charge in [0, 0.05) is 30.1 Å². The lowest BCUT2D eigenvalue weighted by molar-refractivity contribution is 0.0923. The van der Waals surface area contributed by atoms with Crippen LogP contribution >= 0.6 is 0 Å². The molecule has 0 fully saturated rings. The molecule has 3 aromatic rings. The van der Waals surface area contributed by atoms with Crippen molar-refractivity contribution in [3.8, 4) is 0 Å². The van der Waals surface area contributed by atoms with Crippen LogP contribution in [0.15, 0.2) is 59.0 Å². The van der Waals surface area contributed by atoms with Crippen LogP contribution in [0.2, 0.25) is 0 Å². The van der Waals surface area contributed by atoms with E-state index in [4.69, 9.17) is 10.2 Å². The average Bonchev–Trinajstić information content (AvgIpc) is 2.98. The van der Waals surface area contributed by atoms with Crippen molar-refractivity contribution < 1.29 is 9.21 Å². The van der Waals surface area contributed by atoms with E-state index in [2.05, 4.69) is 5.32 Å².